The number of aromatic nitrogens is 5. The predicted molar refractivity (Wildman–Crippen MR) is 97.5 cm³/mol. The Labute approximate surface area is 152 Å². The van der Waals surface area contributed by atoms with Crippen molar-refractivity contribution in [3.63, 3.8) is 0 Å². The molecule has 3 N–H and O–H groups in total. The maximum Gasteiger partial charge on any atom is 0.263 e. The Morgan fingerprint density at radius 1 is 1.22 bits per heavy atom. The van der Waals surface area contributed by atoms with E-state index in [-0.39, 0.29) is 17.0 Å². The molecule has 8 nitrogen and oxygen atoms in total. The molecule has 0 saturated heterocycles. The van der Waals surface area contributed by atoms with Gasteiger partial charge in [-0.1, -0.05) is 6.07 Å². The number of nitrogens with zero attached hydrogens (tertiary/aromatic N) is 5. The minimum absolute atomic E-state index is 0.0509. The molecular weight excluding hydrogens is 349 g/mol. The highest BCUT2D eigenvalue weighted by Gasteiger charge is 2.21. The van der Waals surface area contributed by atoms with E-state index in [1.807, 2.05) is 19.1 Å². The number of hydrogen-bond donors (Lipinski definition) is 2. The minimum Gasteiger partial charge on any atom is -0.381 e. The lowest BCUT2D eigenvalue weighted by atomic mass is 10.1. The average Bonchev–Trinajstić information content (AvgIpc) is 2.97. The number of pyridine rings is 2. The number of halogens is 1. The van der Waals surface area contributed by atoms with E-state index < -0.39 is 11.7 Å². The van der Waals surface area contributed by atoms with E-state index in [1.165, 1.54) is 6.20 Å². The van der Waals surface area contributed by atoms with Gasteiger partial charge in [-0.25, -0.2) is 13.9 Å². The summed E-state index contributed by atoms with van der Waals surface area (Å²) in [6, 6.07) is 5.52. The third-order valence-corrected chi connectivity index (χ3v) is 4.03. The fourth-order valence-electron chi connectivity index (χ4n) is 2.80. The molecule has 0 aliphatic rings. The number of rotatable bonds is 3. The summed E-state index contributed by atoms with van der Waals surface area (Å²) in [4.78, 5) is 25.2. The molecule has 0 fully saturated rings. The lowest BCUT2D eigenvalue weighted by Gasteiger charge is -2.11. The predicted octanol–water partition coefficient (Wildman–Crippen LogP) is 2.47. The molecule has 0 aliphatic heterocycles. The summed E-state index contributed by atoms with van der Waals surface area (Å²) in [5, 5.41) is 6.71. The van der Waals surface area contributed by atoms with Crippen molar-refractivity contribution >= 4 is 23.1 Å². The molecule has 134 valence electrons. The zero-order chi connectivity index (χ0) is 19.0. The standard InChI is InChI=1S/C18H14FN7O/c1-10-3-2-5-22-15(10)12-4-6-21-8-13(12)24-18(27)14-16(20)25-26-9-11(19)7-23-17(14)26/h2-9H,1H3,(H2,20,25)(H,24,27). The Hall–Kier alpha value is -3.88. The molecule has 0 radical (unpaired) electrons. The van der Waals surface area contributed by atoms with Crippen molar-refractivity contribution in [3.05, 3.63) is 66.1 Å². The van der Waals surface area contributed by atoms with E-state index in [9.17, 15) is 9.18 Å². The molecule has 4 aromatic rings. The molecule has 0 spiro atoms. The van der Waals surface area contributed by atoms with E-state index in [0.717, 1.165) is 28.2 Å². The van der Waals surface area contributed by atoms with Gasteiger partial charge in [-0.2, -0.15) is 0 Å². The topological polar surface area (TPSA) is 111 Å². The first-order valence-electron chi connectivity index (χ1n) is 8.01. The van der Waals surface area contributed by atoms with Crippen LogP contribution in [0.4, 0.5) is 15.9 Å². The lowest BCUT2D eigenvalue weighted by molar-refractivity contribution is 0.102. The number of amides is 1. The van der Waals surface area contributed by atoms with Crippen LogP contribution in [0.25, 0.3) is 16.9 Å². The largest absolute Gasteiger partial charge is 0.381 e. The zero-order valence-corrected chi connectivity index (χ0v) is 14.2. The van der Waals surface area contributed by atoms with Gasteiger partial charge in [0.25, 0.3) is 5.91 Å². The quantitative estimate of drug-likeness (QED) is 0.578. The van der Waals surface area contributed by atoms with Gasteiger partial charge >= 0.3 is 0 Å². The van der Waals surface area contributed by atoms with Crippen LogP contribution in [0.15, 0.2) is 49.2 Å². The summed E-state index contributed by atoms with van der Waals surface area (Å²) < 4.78 is 14.5. The Morgan fingerprint density at radius 2 is 2.07 bits per heavy atom. The summed E-state index contributed by atoms with van der Waals surface area (Å²) in [6.07, 6.45) is 6.92. The summed E-state index contributed by atoms with van der Waals surface area (Å²) in [7, 11) is 0. The van der Waals surface area contributed by atoms with E-state index in [2.05, 4.69) is 25.4 Å². The molecule has 1 amide bonds. The number of nitrogen functional groups attached to an aromatic ring is 1. The molecule has 0 aliphatic carbocycles. The maximum atomic E-state index is 13.3. The number of aryl methyl sites for hydroxylation is 1. The van der Waals surface area contributed by atoms with E-state index in [1.54, 1.807) is 18.5 Å². The molecule has 0 bridgehead atoms. The van der Waals surface area contributed by atoms with Crippen LogP contribution >= 0.6 is 0 Å². The van der Waals surface area contributed by atoms with Crippen molar-refractivity contribution in [2.24, 2.45) is 0 Å². The van der Waals surface area contributed by atoms with Crippen molar-refractivity contribution in [2.75, 3.05) is 11.1 Å². The molecule has 0 aromatic carbocycles. The van der Waals surface area contributed by atoms with Gasteiger partial charge in [0.15, 0.2) is 17.3 Å². The van der Waals surface area contributed by atoms with Crippen LogP contribution in [0.2, 0.25) is 0 Å². The van der Waals surface area contributed by atoms with Crippen LogP contribution < -0.4 is 11.1 Å². The normalized spacial score (nSPS) is 10.9. The molecule has 27 heavy (non-hydrogen) atoms. The summed E-state index contributed by atoms with van der Waals surface area (Å²) in [6.45, 7) is 1.93. The van der Waals surface area contributed by atoms with Gasteiger partial charge in [-0.15, -0.1) is 5.10 Å². The summed E-state index contributed by atoms with van der Waals surface area (Å²) >= 11 is 0. The Kier molecular flexibility index (Phi) is 3.96. The van der Waals surface area contributed by atoms with Gasteiger partial charge in [-0.05, 0) is 24.6 Å². The van der Waals surface area contributed by atoms with Gasteiger partial charge in [0.1, 0.15) is 5.56 Å². The SMILES string of the molecule is Cc1cccnc1-c1ccncc1NC(=O)c1c(N)nn2cc(F)cnc12. The van der Waals surface area contributed by atoms with E-state index in [0.29, 0.717) is 11.3 Å². The molecule has 9 heteroatoms. The average molecular weight is 363 g/mol. The second-order valence-electron chi connectivity index (χ2n) is 5.84. The van der Waals surface area contributed by atoms with E-state index >= 15 is 0 Å². The third kappa shape index (κ3) is 2.95. The molecule has 4 aromatic heterocycles. The number of anilines is 2. The van der Waals surface area contributed by atoms with Gasteiger partial charge in [0.2, 0.25) is 0 Å². The molecule has 0 atom stereocenters. The monoisotopic (exact) mass is 363 g/mol. The third-order valence-electron chi connectivity index (χ3n) is 4.03. The first kappa shape index (κ1) is 16.6. The van der Waals surface area contributed by atoms with Crippen LogP contribution in [0.3, 0.4) is 0 Å². The van der Waals surface area contributed by atoms with Crippen molar-refractivity contribution in [2.45, 2.75) is 6.92 Å². The van der Waals surface area contributed by atoms with Gasteiger partial charge in [0, 0.05) is 18.0 Å². The second kappa shape index (κ2) is 6.45. The molecule has 0 saturated carbocycles. The summed E-state index contributed by atoms with van der Waals surface area (Å²) in [5.74, 6) is -1.16. The lowest BCUT2D eigenvalue weighted by Crippen LogP contribution is -2.15. The first-order valence-corrected chi connectivity index (χ1v) is 8.01. The number of carbonyl (C=O) groups is 1. The number of fused-ring (bicyclic) bond motifs is 1. The van der Waals surface area contributed by atoms with Crippen molar-refractivity contribution in [1.29, 1.82) is 0 Å². The molecule has 4 heterocycles. The Morgan fingerprint density at radius 3 is 2.89 bits per heavy atom. The number of carbonyl (C=O) groups excluding carboxylic acids is 1. The van der Waals surface area contributed by atoms with Crippen molar-refractivity contribution in [3.8, 4) is 11.3 Å². The Bertz CT molecular complexity index is 1170. The maximum absolute atomic E-state index is 13.3. The zero-order valence-electron chi connectivity index (χ0n) is 14.2. The first-order chi connectivity index (χ1) is 13.0. The number of nitrogens with one attached hydrogen (secondary N) is 1. The highest BCUT2D eigenvalue weighted by molar-refractivity contribution is 6.12. The van der Waals surface area contributed by atoms with Crippen LogP contribution in [-0.4, -0.2) is 30.5 Å². The fraction of sp³-hybridized carbons (Fsp3) is 0.0556. The molecule has 0 unspecified atom stereocenters. The van der Waals surface area contributed by atoms with E-state index in [4.69, 9.17) is 5.73 Å². The number of nitrogens with two attached hydrogens (primary N) is 1. The number of hydrogen-bond acceptors (Lipinski definition) is 6. The Balaban J connectivity index is 1.75. The van der Waals surface area contributed by atoms with Crippen molar-refractivity contribution < 1.29 is 9.18 Å². The molecular formula is C18H14FN7O. The highest BCUT2D eigenvalue weighted by atomic mass is 19.1. The highest BCUT2D eigenvalue weighted by Crippen LogP contribution is 2.28. The van der Waals surface area contributed by atoms with Crippen LogP contribution in [0, 0.1) is 12.7 Å². The van der Waals surface area contributed by atoms with Crippen LogP contribution in [0.5, 0.6) is 0 Å². The van der Waals surface area contributed by atoms with Crippen LogP contribution in [-0.2, 0) is 0 Å². The van der Waals surface area contributed by atoms with Gasteiger partial charge < -0.3 is 11.1 Å². The summed E-state index contributed by atoms with van der Waals surface area (Å²) in [5.41, 5.74) is 8.92. The van der Waals surface area contributed by atoms with Crippen LogP contribution in [0.1, 0.15) is 15.9 Å². The molecule has 4 rings (SSSR count). The van der Waals surface area contributed by atoms with Crippen molar-refractivity contribution in [1.82, 2.24) is 24.6 Å². The van der Waals surface area contributed by atoms with Gasteiger partial charge in [-0.3, -0.25) is 14.8 Å². The smallest absolute Gasteiger partial charge is 0.263 e. The minimum atomic E-state index is -0.586. The second-order valence-corrected chi connectivity index (χ2v) is 5.84. The van der Waals surface area contributed by atoms with Gasteiger partial charge in [0.05, 0.1) is 30.0 Å². The fourth-order valence-corrected chi connectivity index (χ4v) is 2.80.